The molecule has 0 aliphatic carbocycles. The number of amides is 1. The van der Waals surface area contributed by atoms with Crippen molar-refractivity contribution in [1.82, 2.24) is 5.32 Å². The van der Waals surface area contributed by atoms with Gasteiger partial charge in [0.15, 0.2) is 0 Å². The lowest BCUT2D eigenvalue weighted by Gasteiger charge is -2.29. The molecule has 62 heavy (non-hydrogen) atoms. The Morgan fingerprint density at radius 2 is 0.952 bits per heavy atom. The van der Waals surface area contributed by atoms with Gasteiger partial charge >= 0.3 is 0 Å². The van der Waals surface area contributed by atoms with Crippen LogP contribution in [0.2, 0.25) is 0 Å². The van der Waals surface area contributed by atoms with Crippen LogP contribution in [0.3, 0.4) is 0 Å². The topological polar surface area (TPSA) is 108 Å². The molecule has 0 fully saturated rings. The first-order valence-corrected chi connectivity index (χ1v) is 27.1. The number of nitrogens with zero attached hydrogens (tertiary/aromatic N) is 1. The number of nitrogens with one attached hydrogen (secondary N) is 1. The molecule has 0 aromatic rings. The molecule has 0 aliphatic heterocycles. The summed E-state index contributed by atoms with van der Waals surface area (Å²) < 4.78 is 23.2. The lowest BCUT2D eigenvalue weighted by Crippen LogP contribution is -2.45. The lowest BCUT2D eigenvalue weighted by atomic mass is 10.0. The number of phosphoric acid groups is 1. The summed E-state index contributed by atoms with van der Waals surface area (Å²) >= 11 is 0. The van der Waals surface area contributed by atoms with Gasteiger partial charge < -0.3 is 28.8 Å². The highest BCUT2D eigenvalue weighted by atomic mass is 31.2. The summed E-state index contributed by atoms with van der Waals surface area (Å²) in [4.78, 5) is 25.4. The number of aliphatic hydroxyl groups is 1. The van der Waals surface area contributed by atoms with Crippen LogP contribution in [0, 0.1) is 0 Å². The van der Waals surface area contributed by atoms with E-state index in [4.69, 9.17) is 9.05 Å². The summed E-state index contributed by atoms with van der Waals surface area (Å²) in [7, 11) is 1.22. The van der Waals surface area contributed by atoms with E-state index in [0.717, 1.165) is 64.2 Å². The van der Waals surface area contributed by atoms with Crippen LogP contribution in [0.1, 0.15) is 219 Å². The Kier molecular flexibility index (Phi) is 43.1. The Balaban J connectivity index is 4.41. The van der Waals surface area contributed by atoms with E-state index in [-0.39, 0.29) is 12.5 Å². The Bertz CT molecular complexity index is 1190. The molecule has 0 rings (SSSR count). The fourth-order valence-corrected chi connectivity index (χ4v) is 7.82. The Hall–Kier alpha value is -1.80. The van der Waals surface area contributed by atoms with Crippen LogP contribution in [0.25, 0.3) is 0 Å². The second kappa shape index (κ2) is 44.4. The van der Waals surface area contributed by atoms with Gasteiger partial charge in [-0.25, -0.2) is 0 Å². The van der Waals surface area contributed by atoms with Gasteiger partial charge in [-0.05, 0) is 77.0 Å². The van der Waals surface area contributed by atoms with E-state index < -0.39 is 26.6 Å². The molecule has 0 saturated heterocycles. The van der Waals surface area contributed by atoms with Crippen molar-refractivity contribution in [1.29, 1.82) is 0 Å². The van der Waals surface area contributed by atoms with Gasteiger partial charge in [0.1, 0.15) is 13.2 Å². The van der Waals surface area contributed by atoms with Crippen LogP contribution in [0.5, 0.6) is 0 Å². The zero-order valence-electron chi connectivity index (χ0n) is 41.1. The van der Waals surface area contributed by atoms with Gasteiger partial charge in [0, 0.05) is 6.42 Å². The van der Waals surface area contributed by atoms with Crippen molar-refractivity contribution < 1.29 is 32.9 Å². The SMILES string of the molecule is CCCCC/C=C\C/C=C\CCCCCCCCCC(=O)NC(COP(=O)([O-])OCC[N+](C)(C)C)C(O)/C=C/CC/C=C/CC/C=C/CCCCCCCCCCCCCCC. The van der Waals surface area contributed by atoms with Gasteiger partial charge in [-0.2, -0.15) is 0 Å². The average Bonchev–Trinajstić information content (AvgIpc) is 3.23. The number of carbonyl (C=O) groups excluding carboxylic acids is 1. The first-order valence-electron chi connectivity index (χ1n) is 25.7. The third-order valence-corrected chi connectivity index (χ3v) is 12.1. The zero-order chi connectivity index (χ0) is 45.7. The number of rotatable bonds is 46. The summed E-state index contributed by atoms with van der Waals surface area (Å²) in [5.74, 6) is -0.221. The molecule has 0 spiro atoms. The number of aliphatic hydroxyl groups excluding tert-OH is 1. The van der Waals surface area contributed by atoms with Crippen LogP contribution in [-0.4, -0.2) is 68.5 Å². The largest absolute Gasteiger partial charge is 0.756 e. The van der Waals surface area contributed by atoms with E-state index in [1.807, 2.05) is 27.2 Å². The number of phosphoric ester groups is 1. The van der Waals surface area contributed by atoms with E-state index in [0.29, 0.717) is 17.4 Å². The quantitative estimate of drug-likeness (QED) is 0.0273. The molecule has 0 heterocycles. The summed E-state index contributed by atoms with van der Waals surface area (Å²) in [5, 5.41) is 13.8. The lowest BCUT2D eigenvalue weighted by molar-refractivity contribution is -0.870. The first kappa shape index (κ1) is 60.2. The highest BCUT2D eigenvalue weighted by Crippen LogP contribution is 2.38. The molecular formula is C53H99N2O6P. The summed E-state index contributed by atoms with van der Waals surface area (Å²) in [6.07, 6.45) is 58.5. The fourth-order valence-electron chi connectivity index (χ4n) is 7.10. The van der Waals surface area contributed by atoms with Gasteiger partial charge in [-0.1, -0.05) is 197 Å². The minimum Gasteiger partial charge on any atom is -0.756 e. The molecule has 8 nitrogen and oxygen atoms in total. The van der Waals surface area contributed by atoms with E-state index in [2.05, 4.69) is 67.8 Å². The molecule has 2 N–H and O–H groups in total. The standard InChI is InChI=1S/C53H99N2O6P/c1-6-8-10-12-14-16-18-20-22-24-25-26-27-28-29-31-32-34-36-38-40-42-44-46-52(56)51(50-61-62(58,59)60-49-48-55(3,4)5)54-53(57)47-45-43-41-39-37-35-33-30-23-21-19-17-15-13-11-9-7-2/h15,17,21,23,29,31,36,38,44,46,51-52,56H,6-14,16,18-20,22,24-28,30,32-35,37,39-43,45,47-50H2,1-5H3,(H-,54,57,58,59)/b17-15-,23-21-,31-29+,38-36+,46-44+. The van der Waals surface area contributed by atoms with Crippen molar-refractivity contribution in [2.24, 2.45) is 0 Å². The molecule has 0 bridgehead atoms. The number of carbonyl (C=O) groups is 1. The summed E-state index contributed by atoms with van der Waals surface area (Å²) in [6, 6.07) is -0.916. The van der Waals surface area contributed by atoms with Gasteiger partial charge in [-0.15, -0.1) is 0 Å². The van der Waals surface area contributed by atoms with E-state index in [1.54, 1.807) is 6.08 Å². The van der Waals surface area contributed by atoms with Crippen LogP contribution in [-0.2, 0) is 18.4 Å². The molecule has 0 aliphatic rings. The third kappa shape index (κ3) is 46.2. The van der Waals surface area contributed by atoms with Crippen molar-refractivity contribution in [2.45, 2.75) is 231 Å². The smallest absolute Gasteiger partial charge is 0.268 e. The van der Waals surface area contributed by atoms with Crippen LogP contribution in [0.15, 0.2) is 60.8 Å². The molecule has 9 heteroatoms. The Morgan fingerprint density at radius 3 is 1.44 bits per heavy atom. The Morgan fingerprint density at radius 1 is 0.565 bits per heavy atom. The molecular weight excluding hydrogens is 792 g/mol. The monoisotopic (exact) mass is 891 g/mol. The summed E-state index contributed by atoms with van der Waals surface area (Å²) in [6.45, 7) is 4.59. The van der Waals surface area contributed by atoms with Crippen LogP contribution < -0.4 is 10.2 Å². The molecule has 0 saturated carbocycles. The van der Waals surface area contributed by atoms with Crippen LogP contribution >= 0.6 is 7.82 Å². The molecule has 0 aromatic heterocycles. The molecule has 3 unspecified atom stereocenters. The van der Waals surface area contributed by atoms with E-state index in [1.165, 1.54) is 135 Å². The van der Waals surface area contributed by atoms with E-state index >= 15 is 0 Å². The zero-order valence-corrected chi connectivity index (χ0v) is 42.0. The maximum absolute atomic E-state index is 12.9. The number of likely N-dealkylation sites (N-methyl/N-ethyl adjacent to an activating group) is 1. The maximum atomic E-state index is 12.9. The molecule has 0 radical (unpaired) electrons. The molecule has 3 atom stereocenters. The van der Waals surface area contributed by atoms with Gasteiger partial charge in [0.2, 0.25) is 5.91 Å². The maximum Gasteiger partial charge on any atom is 0.268 e. The second-order valence-electron chi connectivity index (χ2n) is 18.5. The van der Waals surface area contributed by atoms with Gasteiger partial charge in [0.25, 0.3) is 7.82 Å². The summed E-state index contributed by atoms with van der Waals surface area (Å²) in [5.41, 5.74) is 0. The third-order valence-electron chi connectivity index (χ3n) is 11.2. The highest BCUT2D eigenvalue weighted by molar-refractivity contribution is 7.45. The molecule has 362 valence electrons. The van der Waals surface area contributed by atoms with Gasteiger partial charge in [-0.3, -0.25) is 9.36 Å². The minimum atomic E-state index is -4.61. The van der Waals surface area contributed by atoms with E-state index in [9.17, 15) is 19.4 Å². The van der Waals surface area contributed by atoms with Crippen molar-refractivity contribution in [3.05, 3.63) is 60.8 Å². The minimum absolute atomic E-state index is 0.0127. The highest BCUT2D eigenvalue weighted by Gasteiger charge is 2.23. The van der Waals surface area contributed by atoms with Gasteiger partial charge in [0.05, 0.1) is 39.9 Å². The Labute approximate surface area is 383 Å². The number of unbranched alkanes of at least 4 members (excludes halogenated alkanes) is 25. The molecule has 0 aromatic carbocycles. The predicted octanol–water partition coefficient (Wildman–Crippen LogP) is 14.3. The predicted molar refractivity (Wildman–Crippen MR) is 265 cm³/mol. The normalized spacial score (nSPS) is 14.6. The fraction of sp³-hybridized carbons (Fsp3) is 0.792. The number of hydrogen-bond acceptors (Lipinski definition) is 6. The van der Waals surface area contributed by atoms with Crippen molar-refractivity contribution in [3.8, 4) is 0 Å². The van der Waals surface area contributed by atoms with Crippen molar-refractivity contribution in [3.63, 3.8) is 0 Å². The molecule has 1 amide bonds. The van der Waals surface area contributed by atoms with Crippen molar-refractivity contribution in [2.75, 3.05) is 40.9 Å². The second-order valence-corrected chi connectivity index (χ2v) is 19.9. The number of hydrogen-bond donors (Lipinski definition) is 2. The number of quaternary nitrogens is 1. The average molecular weight is 891 g/mol. The number of allylic oxidation sites excluding steroid dienone is 9. The first-order chi connectivity index (χ1) is 30.0. The van der Waals surface area contributed by atoms with Crippen molar-refractivity contribution >= 4 is 13.7 Å². The van der Waals surface area contributed by atoms with Crippen LogP contribution in [0.4, 0.5) is 0 Å².